The van der Waals surface area contributed by atoms with Crippen molar-refractivity contribution in [3.8, 4) is 0 Å². The number of ketones is 2. The maximum absolute atomic E-state index is 11.3. The minimum Gasteiger partial charge on any atom is -0.468 e. The van der Waals surface area contributed by atoms with Gasteiger partial charge in [-0.2, -0.15) is 0 Å². The number of unbranched alkanes of at least 4 members (excludes halogenated alkanes) is 1. The van der Waals surface area contributed by atoms with E-state index < -0.39 is 23.5 Å². The number of carbonyl (C=O) groups is 3. The zero-order chi connectivity index (χ0) is 11.1. The molecule has 80 valence electrons. The zero-order valence-corrected chi connectivity index (χ0v) is 8.83. The first-order valence-corrected chi connectivity index (χ1v) is 4.67. The molecular formula is C10H16O4. The molecule has 0 aliphatic carbocycles. The number of rotatable bonds is 6. The SMILES string of the molecule is CCCCC(C(=O)OC)C(=O)C(C)=O. The number of hydrogen-bond donors (Lipinski definition) is 0. The molecule has 0 aromatic carbocycles. The molecule has 0 heterocycles. The second-order valence-electron chi connectivity index (χ2n) is 3.14. The summed E-state index contributed by atoms with van der Waals surface area (Å²) in [7, 11) is 1.22. The third-order valence-corrected chi connectivity index (χ3v) is 2.00. The summed E-state index contributed by atoms with van der Waals surface area (Å²) >= 11 is 0. The van der Waals surface area contributed by atoms with E-state index in [0.717, 1.165) is 12.8 Å². The van der Waals surface area contributed by atoms with E-state index >= 15 is 0 Å². The molecule has 1 unspecified atom stereocenters. The van der Waals surface area contributed by atoms with E-state index in [0.29, 0.717) is 6.42 Å². The highest BCUT2D eigenvalue weighted by Gasteiger charge is 2.29. The largest absolute Gasteiger partial charge is 0.468 e. The van der Waals surface area contributed by atoms with Gasteiger partial charge < -0.3 is 4.74 Å². The van der Waals surface area contributed by atoms with Crippen LogP contribution >= 0.6 is 0 Å². The molecule has 0 aromatic rings. The number of carbonyl (C=O) groups excluding carboxylic acids is 3. The molecule has 4 nitrogen and oxygen atoms in total. The van der Waals surface area contributed by atoms with Gasteiger partial charge in [0.05, 0.1) is 7.11 Å². The third kappa shape index (κ3) is 3.68. The Hall–Kier alpha value is -1.19. The molecule has 0 aliphatic rings. The Labute approximate surface area is 83.6 Å². The van der Waals surface area contributed by atoms with Crippen LogP contribution in [0.25, 0.3) is 0 Å². The summed E-state index contributed by atoms with van der Waals surface area (Å²) in [5.74, 6) is -2.75. The monoisotopic (exact) mass is 200 g/mol. The Morgan fingerprint density at radius 2 is 1.86 bits per heavy atom. The number of hydrogen-bond acceptors (Lipinski definition) is 4. The molecule has 0 saturated carbocycles. The maximum Gasteiger partial charge on any atom is 0.316 e. The Bertz CT molecular complexity index is 232. The molecule has 1 atom stereocenters. The Balaban J connectivity index is 4.46. The van der Waals surface area contributed by atoms with Crippen LogP contribution in [0.5, 0.6) is 0 Å². The topological polar surface area (TPSA) is 60.4 Å². The highest BCUT2D eigenvalue weighted by atomic mass is 16.5. The number of Topliss-reactive ketones (excluding diaryl/α,β-unsaturated/α-hetero) is 2. The van der Waals surface area contributed by atoms with E-state index in [2.05, 4.69) is 4.74 Å². The van der Waals surface area contributed by atoms with Crippen molar-refractivity contribution in [2.24, 2.45) is 5.92 Å². The summed E-state index contributed by atoms with van der Waals surface area (Å²) in [5.41, 5.74) is 0. The highest BCUT2D eigenvalue weighted by Crippen LogP contribution is 2.12. The van der Waals surface area contributed by atoms with E-state index in [-0.39, 0.29) is 0 Å². The van der Waals surface area contributed by atoms with Gasteiger partial charge in [0.15, 0.2) is 5.78 Å². The van der Waals surface area contributed by atoms with Gasteiger partial charge in [0.25, 0.3) is 0 Å². The summed E-state index contributed by atoms with van der Waals surface area (Å²) < 4.78 is 4.47. The van der Waals surface area contributed by atoms with Gasteiger partial charge in [0.2, 0.25) is 5.78 Å². The standard InChI is InChI=1S/C10H16O4/c1-4-5-6-8(10(13)14-3)9(12)7(2)11/h8H,4-6H2,1-3H3. The van der Waals surface area contributed by atoms with Crippen LogP contribution in [0.4, 0.5) is 0 Å². The van der Waals surface area contributed by atoms with Crippen LogP contribution in [-0.4, -0.2) is 24.6 Å². The summed E-state index contributed by atoms with van der Waals surface area (Å²) in [6.45, 7) is 3.12. The van der Waals surface area contributed by atoms with Gasteiger partial charge in [-0.3, -0.25) is 14.4 Å². The molecule has 0 saturated heterocycles. The normalized spacial score (nSPS) is 11.9. The summed E-state index contributed by atoms with van der Waals surface area (Å²) in [5, 5.41) is 0. The first-order chi connectivity index (χ1) is 6.54. The Morgan fingerprint density at radius 1 is 1.29 bits per heavy atom. The fourth-order valence-corrected chi connectivity index (χ4v) is 1.15. The van der Waals surface area contributed by atoms with Crippen molar-refractivity contribution in [3.05, 3.63) is 0 Å². The smallest absolute Gasteiger partial charge is 0.316 e. The van der Waals surface area contributed by atoms with Crippen molar-refractivity contribution < 1.29 is 19.1 Å². The number of methoxy groups -OCH3 is 1. The molecule has 0 fully saturated rings. The molecule has 0 bridgehead atoms. The van der Waals surface area contributed by atoms with Gasteiger partial charge >= 0.3 is 5.97 Å². The molecule has 14 heavy (non-hydrogen) atoms. The maximum atomic E-state index is 11.3. The molecule has 0 amide bonds. The van der Waals surface area contributed by atoms with Gasteiger partial charge in [-0.1, -0.05) is 19.8 Å². The van der Waals surface area contributed by atoms with E-state index in [9.17, 15) is 14.4 Å². The van der Waals surface area contributed by atoms with Crippen LogP contribution in [0.1, 0.15) is 33.1 Å². The summed E-state index contributed by atoms with van der Waals surface area (Å²) in [6, 6.07) is 0. The van der Waals surface area contributed by atoms with Gasteiger partial charge in [-0.05, 0) is 6.42 Å². The van der Waals surface area contributed by atoms with Crippen LogP contribution in [0.2, 0.25) is 0 Å². The number of ether oxygens (including phenoxy) is 1. The van der Waals surface area contributed by atoms with Crippen LogP contribution in [0, 0.1) is 5.92 Å². The second-order valence-corrected chi connectivity index (χ2v) is 3.14. The molecule has 0 rings (SSSR count). The van der Waals surface area contributed by atoms with Crippen molar-refractivity contribution in [2.75, 3.05) is 7.11 Å². The zero-order valence-electron chi connectivity index (χ0n) is 8.83. The summed E-state index contributed by atoms with van der Waals surface area (Å²) in [4.78, 5) is 33.3. The van der Waals surface area contributed by atoms with E-state index in [1.807, 2.05) is 6.92 Å². The molecule has 0 N–H and O–H groups in total. The van der Waals surface area contributed by atoms with Gasteiger partial charge in [-0.25, -0.2) is 0 Å². The predicted octanol–water partition coefficient (Wildman–Crippen LogP) is 1.12. The minimum absolute atomic E-state index is 0.390. The third-order valence-electron chi connectivity index (χ3n) is 2.00. The predicted molar refractivity (Wildman–Crippen MR) is 50.7 cm³/mol. The quantitative estimate of drug-likeness (QED) is 0.366. The van der Waals surface area contributed by atoms with E-state index in [4.69, 9.17) is 0 Å². The van der Waals surface area contributed by atoms with Crippen LogP contribution < -0.4 is 0 Å². The van der Waals surface area contributed by atoms with E-state index in [1.165, 1.54) is 14.0 Å². The van der Waals surface area contributed by atoms with Crippen LogP contribution in [-0.2, 0) is 19.1 Å². The first kappa shape index (κ1) is 12.8. The summed E-state index contributed by atoms with van der Waals surface area (Å²) in [6.07, 6.45) is 2.00. The Kier molecular flexibility index (Phi) is 5.76. The lowest BCUT2D eigenvalue weighted by molar-refractivity contribution is -0.152. The Morgan fingerprint density at radius 3 is 2.21 bits per heavy atom. The van der Waals surface area contributed by atoms with Crippen molar-refractivity contribution >= 4 is 17.5 Å². The first-order valence-electron chi connectivity index (χ1n) is 4.67. The van der Waals surface area contributed by atoms with Crippen molar-refractivity contribution in [2.45, 2.75) is 33.1 Å². The van der Waals surface area contributed by atoms with Gasteiger partial charge in [0, 0.05) is 6.92 Å². The molecule has 0 spiro atoms. The minimum atomic E-state index is -0.905. The lowest BCUT2D eigenvalue weighted by Crippen LogP contribution is -2.29. The fraction of sp³-hybridized carbons (Fsp3) is 0.700. The molecule has 0 aliphatic heterocycles. The highest BCUT2D eigenvalue weighted by molar-refractivity contribution is 6.40. The number of esters is 1. The lowest BCUT2D eigenvalue weighted by atomic mass is 9.95. The average Bonchev–Trinajstić information content (AvgIpc) is 2.17. The molecule has 4 heteroatoms. The average molecular weight is 200 g/mol. The van der Waals surface area contributed by atoms with Crippen molar-refractivity contribution in [3.63, 3.8) is 0 Å². The van der Waals surface area contributed by atoms with Crippen molar-refractivity contribution in [1.82, 2.24) is 0 Å². The van der Waals surface area contributed by atoms with Gasteiger partial charge in [-0.15, -0.1) is 0 Å². The van der Waals surface area contributed by atoms with Gasteiger partial charge in [0.1, 0.15) is 5.92 Å². The van der Waals surface area contributed by atoms with Crippen LogP contribution in [0.3, 0.4) is 0 Å². The van der Waals surface area contributed by atoms with Crippen LogP contribution in [0.15, 0.2) is 0 Å². The second kappa shape index (κ2) is 6.29. The molecular weight excluding hydrogens is 184 g/mol. The fourth-order valence-electron chi connectivity index (χ4n) is 1.15. The van der Waals surface area contributed by atoms with Crippen molar-refractivity contribution in [1.29, 1.82) is 0 Å². The van der Waals surface area contributed by atoms with E-state index in [1.54, 1.807) is 0 Å². The molecule has 0 radical (unpaired) electrons. The lowest BCUT2D eigenvalue weighted by Gasteiger charge is -2.10. The molecule has 0 aromatic heterocycles.